The third kappa shape index (κ3) is 5.16. The zero-order valence-corrected chi connectivity index (χ0v) is 15.1. The maximum atomic E-state index is 12.9. The van der Waals surface area contributed by atoms with Crippen molar-refractivity contribution < 1.29 is 23.1 Å². The number of rotatable bonds is 7. The lowest BCUT2D eigenvalue weighted by Gasteiger charge is -2.08. The first kappa shape index (κ1) is 19.1. The maximum absolute atomic E-state index is 12.9. The summed E-state index contributed by atoms with van der Waals surface area (Å²) in [6.07, 6.45) is 2.98. The number of aryl methyl sites for hydroxylation is 1. The molecular weight excluding hydrogens is 365 g/mol. The van der Waals surface area contributed by atoms with Crippen LogP contribution in [0.3, 0.4) is 0 Å². The number of halogens is 1. The molecule has 3 rings (SSSR count). The Labute approximate surface area is 160 Å². The highest BCUT2D eigenvalue weighted by Gasteiger charge is 2.12. The molecule has 2 amide bonds. The Bertz CT molecular complexity index is 952. The van der Waals surface area contributed by atoms with Gasteiger partial charge in [-0.25, -0.2) is 9.37 Å². The number of amides is 2. The molecule has 144 valence electrons. The quantitative estimate of drug-likeness (QED) is 0.654. The van der Waals surface area contributed by atoms with E-state index in [1.165, 1.54) is 30.5 Å². The van der Waals surface area contributed by atoms with E-state index in [-0.39, 0.29) is 30.7 Å². The van der Waals surface area contributed by atoms with Gasteiger partial charge in [-0.2, -0.15) is 0 Å². The van der Waals surface area contributed by atoms with Crippen LogP contribution in [-0.4, -0.2) is 23.3 Å². The van der Waals surface area contributed by atoms with Crippen LogP contribution in [0.25, 0.3) is 0 Å². The zero-order valence-electron chi connectivity index (χ0n) is 15.1. The molecule has 7 nitrogen and oxygen atoms in total. The van der Waals surface area contributed by atoms with Crippen LogP contribution in [0.1, 0.15) is 21.7 Å². The largest absolute Gasteiger partial charge is 0.469 e. The van der Waals surface area contributed by atoms with Crippen molar-refractivity contribution in [3.63, 3.8) is 0 Å². The molecule has 0 radical (unpaired) electrons. The van der Waals surface area contributed by atoms with E-state index in [4.69, 9.17) is 9.15 Å². The van der Waals surface area contributed by atoms with Crippen molar-refractivity contribution in [2.24, 2.45) is 0 Å². The molecule has 0 unspecified atom stereocenters. The van der Waals surface area contributed by atoms with E-state index in [9.17, 15) is 14.0 Å². The van der Waals surface area contributed by atoms with Crippen molar-refractivity contribution in [2.45, 2.75) is 13.5 Å². The van der Waals surface area contributed by atoms with Crippen molar-refractivity contribution >= 4 is 11.8 Å². The fourth-order valence-electron chi connectivity index (χ4n) is 2.34. The van der Waals surface area contributed by atoms with Gasteiger partial charge in [0.05, 0.1) is 18.4 Å². The topological polar surface area (TPSA) is 93.5 Å². The Hall–Kier alpha value is -3.68. The van der Waals surface area contributed by atoms with Crippen LogP contribution in [0.5, 0.6) is 11.6 Å². The summed E-state index contributed by atoms with van der Waals surface area (Å²) in [6, 6.07) is 10.5. The number of nitrogens with one attached hydrogen (secondary N) is 2. The number of carbonyl (C=O) groups is 2. The zero-order chi connectivity index (χ0) is 19.9. The lowest BCUT2D eigenvalue weighted by molar-refractivity contribution is -0.120. The van der Waals surface area contributed by atoms with E-state index in [2.05, 4.69) is 15.6 Å². The highest BCUT2D eigenvalue weighted by atomic mass is 19.1. The molecule has 0 atom stereocenters. The van der Waals surface area contributed by atoms with Gasteiger partial charge in [-0.1, -0.05) is 6.07 Å². The predicted octanol–water partition coefficient (Wildman–Crippen LogP) is 2.96. The summed E-state index contributed by atoms with van der Waals surface area (Å²) in [5.41, 5.74) is 1.16. The lowest BCUT2D eigenvalue weighted by Crippen LogP contribution is -2.36. The third-order valence-corrected chi connectivity index (χ3v) is 3.84. The summed E-state index contributed by atoms with van der Waals surface area (Å²) in [7, 11) is 0. The van der Waals surface area contributed by atoms with Gasteiger partial charge in [0, 0.05) is 18.8 Å². The molecular formula is C20H18FN3O4. The molecule has 0 fully saturated rings. The molecule has 3 aromatic rings. The van der Waals surface area contributed by atoms with Crippen LogP contribution in [-0.2, 0) is 11.3 Å². The maximum Gasteiger partial charge on any atom is 0.255 e. The minimum absolute atomic E-state index is 0.150. The van der Waals surface area contributed by atoms with Crippen molar-refractivity contribution in [2.75, 3.05) is 6.54 Å². The van der Waals surface area contributed by atoms with Gasteiger partial charge < -0.3 is 19.8 Å². The minimum Gasteiger partial charge on any atom is -0.469 e. The molecule has 8 heteroatoms. The fourth-order valence-corrected chi connectivity index (χ4v) is 2.34. The summed E-state index contributed by atoms with van der Waals surface area (Å²) in [5.74, 6) is 0.267. The first-order valence-electron chi connectivity index (χ1n) is 8.48. The van der Waals surface area contributed by atoms with Crippen LogP contribution >= 0.6 is 0 Å². The van der Waals surface area contributed by atoms with Gasteiger partial charge in [0.2, 0.25) is 11.8 Å². The number of nitrogens with zero attached hydrogens (tertiary/aromatic N) is 1. The van der Waals surface area contributed by atoms with Crippen LogP contribution in [0.4, 0.5) is 4.39 Å². The van der Waals surface area contributed by atoms with Crippen molar-refractivity contribution in [1.82, 2.24) is 15.6 Å². The van der Waals surface area contributed by atoms with E-state index < -0.39 is 0 Å². The second-order valence-electron chi connectivity index (χ2n) is 5.91. The highest BCUT2D eigenvalue weighted by Crippen LogP contribution is 2.19. The predicted molar refractivity (Wildman–Crippen MR) is 98.3 cm³/mol. The molecule has 2 aromatic heterocycles. The molecule has 2 heterocycles. The van der Waals surface area contributed by atoms with Crippen molar-refractivity contribution in [1.29, 1.82) is 0 Å². The van der Waals surface area contributed by atoms with Crippen LogP contribution < -0.4 is 15.4 Å². The fraction of sp³-hybridized carbons (Fsp3) is 0.150. The summed E-state index contributed by atoms with van der Waals surface area (Å²) in [5, 5.41) is 5.22. The number of hydrogen-bond donors (Lipinski definition) is 2. The molecule has 0 aliphatic carbocycles. The second-order valence-corrected chi connectivity index (χ2v) is 5.91. The smallest absolute Gasteiger partial charge is 0.255 e. The standard InChI is InChI=1S/C20H18FN3O4/c1-13-17(8-9-27-13)20(26)24-12-18(25)22-10-14-2-7-19(23-11-14)28-16-5-3-15(21)4-6-16/h2-9,11H,10,12H2,1H3,(H,22,25)(H,24,26). The average molecular weight is 383 g/mol. The number of benzene rings is 1. The second kappa shape index (κ2) is 8.81. The van der Waals surface area contributed by atoms with Gasteiger partial charge in [-0.15, -0.1) is 0 Å². The number of ether oxygens (including phenoxy) is 1. The SMILES string of the molecule is Cc1occc1C(=O)NCC(=O)NCc1ccc(Oc2ccc(F)cc2)nc1. The first-order valence-corrected chi connectivity index (χ1v) is 8.48. The molecule has 28 heavy (non-hydrogen) atoms. The van der Waals surface area contributed by atoms with Crippen molar-refractivity contribution in [3.8, 4) is 11.6 Å². The Balaban J connectivity index is 1.44. The normalized spacial score (nSPS) is 10.4. The summed E-state index contributed by atoms with van der Waals surface area (Å²) < 4.78 is 23.4. The number of furan rings is 1. The van der Waals surface area contributed by atoms with Gasteiger partial charge in [-0.05, 0) is 42.8 Å². The average Bonchev–Trinajstić information content (AvgIpc) is 3.13. The number of aromatic nitrogens is 1. The Morgan fingerprint density at radius 1 is 1.11 bits per heavy atom. The van der Waals surface area contributed by atoms with Crippen LogP contribution in [0.15, 0.2) is 59.3 Å². The summed E-state index contributed by atoms with van der Waals surface area (Å²) in [4.78, 5) is 27.9. The highest BCUT2D eigenvalue weighted by molar-refractivity contribution is 5.97. The first-order chi connectivity index (χ1) is 13.5. The Morgan fingerprint density at radius 2 is 1.89 bits per heavy atom. The molecule has 0 aliphatic heterocycles. The van der Waals surface area contributed by atoms with Gasteiger partial charge in [-0.3, -0.25) is 9.59 Å². The van der Waals surface area contributed by atoms with Crippen LogP contribution in [0.2, 0.25) is 0 Å². The van der Waals surface area contributed by atoms with Gasteiger partial charge in [0.1, 0.15) is 17.3 Å². The number of hydrogen-bond acceptors (Lipinski definition) is 5. The lowest BCUT2D eigenvalue weighted by atomic mass is 10.2. The number of carbonyl (C=O) groups excluding carboxylic acids is 2. The van der Waals surface area contributed by atoms with Crippen LogP contribution in [0, 0.1) is 12.7 Å². The van der Waals surface area contributed by atoms with E-state index in [0.29, 0.717) is 23.0 Å². The van der Waals surface area contributed by atoms with E-state index >= 15 is 0 Å². The third-order valence-electron chi connectivity index (χ3n) is 3.84. The molecule has 2 N–H and O–H groups in total. The van der Waals surface area contributed by atoms with Gasteiger partial charge in [0.15, 0.2) is 0 Å². The Morgan fingerprint density at radius 3 is 2.54 bits per heavy atom. The monoisotopic (exact) mass is 383 g/mol. The van der Waals surface area contributed by atoms with Crippen molar-refractivity contribution in [3.05, 3.63) is 77.6 Å². The van der Waals surface area contributed by atoms with E-state index in [1.807, 2.05) is 0 Å². The molecule has 0 aliphatic rings. The van der Waals surface area contributed by atoms with Gasteiger partial charge >= 0.3 is 0 Å². The van der Waals surface area contributed by atoms with Gasteiger partial charge in [0.25, 0.3) is 5.91 Å². The van der Waals surface area contributed by atoms with E-state index in [1.54, 1.807) is 31.3 Å². The molecule has 0 spiro atoms. The minimum atomic E-state index is -0.370. The summed E-state index contributed by atoms with van der Waals surface area (Å²) >= 11 is 0. The summed E-state index contributed by atoms with van der Waals surface area (Å²) in [6.45, 7) is 1.78. The molecule has 0 bridgehead atoms. The number of pyridine rings is 1. The molecule has 0 saturated heterocycles. The molecule has 1 aromatic carbocycles. The van der Waals surface area contributed by atoms with E-state index in [0.717, 1.165) is 5.56 Å². The Kier molecular flexibility index (Phi) is 6.01. The molecule has 0 saturated carbocycles.